The van der Waals surface area contributed by atoms with Gasteiger partial charge >= 0.3 is 5.97 Å². The fourth-order valence-corrected chi connectivity index (χ4v) is 2.46. The van der Waals surface area contributed by atoms with E-state index in [1.54, 1.807) is 42.5 Å². The Labute approximate surface area is 128 Å². The van der Waals surface area contributed by atoms with Crippen LogP contribution in [0.5, 0.6) is 0 Å². The zero-order valence-corrected chi connectivity index (χ0v) is 12.6. The topological polar surface area (TPSA) is 84.8 Å². The third-order valence-electron chi connectivity index (χ3n) is 2.77. The molecule has 2 aromatic carbocycles. The maximum absolute atomic E-state index is 11.9. The fourth-order valence-electron chi connectivity index (χ4n) is 1.65. The van der Waals surface area contributed by atoms with Crippen molar-refractivity contribution in [1.82, 2.24) is 4.83 Å². The molecule has 0 aliphatic heterocycles. The van der Waals surface area contributed by atoms with Gasteiger partial charge in [0, 0.05) is 0 Å². The molecule has 0 saturated heterocycles. The molecule has 0 spiro atoms. The quantitative estimate of drug-likeness (QED) is 0.517. The number of rotatable bonds is 5. The van der Waals surface area contributed by atoms with Gasteiger partial charge in [0.2, 0.25) is 0 Å². The smallest absolute Gasteiger partial charge is 0.337 e. The van der Waals surface area contributed by atoms with Gasteiger partial charge in [-0.2, -0.15) is 13.5 Å². The van der Waals surface area contributed by atoms with Crippen molar-refractivity contribution in [3.63, 3.8) is 0 Å². The van der Waals surface area contributed by atoms with E-state index < -0.39 is 16.0 Å². The van der Waals surface area contributed by atoms with E-state index >= 15 is 0 Å². The van der Waals surface area contributed by atoms with E-state index in [-0.39, 0.29) is 4.90 Å². The fraction of sp³-hybridized carbons (Fsp3) is 0.0667. The second-order valence-electron chi connectivity index (χ2n) is 4.28. The number of hydrogen-bond acceptors (Lipinski definition) is 5. The second kappa shape index (κ2) is 6.86. The first kappa shape index (κ1) is 15.7. The van der Waals surface area contributed by atoms with Crippen molar-refractivity contribution < 1.29 is 17.9 Å². The molecule has 0 aromatic heterocycles. The van der Waals surface area contributed by atoms with Crippen LogP contribution in [0.1, 0.15) is 15.9 Å². The van der Waals surface area contributed by atoms with Crippen LogP contribution in [0.3, 0.4) is 0 Å². The highest BCUT2D eigenvalue weighted by Gasteiger charge is 2.11. The van der Waals surface area contributed by atoms with Crippen molar-refractivity contribution in [2.24, 2.45) is 5.10 Å². The van der Waals surface area contributed by atoms with Crippen LogP contribution >= 0.6 is 0 Å². The summed E-state index contributed by atoms with van der Waals surface area (Å²) >= 11 is 0. The lowest BCUT2D eigenvalue weighted by Crippen LogP contribution is -2.18. The zero-order chi connectivity index (χ0) is 16.0. The molecule has 0 amide bonds. The second-order valence-corrected chi connectivity index (χ2v) is 5.94. The number of carbonyl (C=O) groups excluding carboxylic acids is 1. The molecule has 0 saturated carbocycles. The van der Waals surface area contributed by atoms with Crippen LogP contribution in [0, 0.1) is 0 Å². The molecule has 0 aliphatic carbocycles. The van der Waals surface area contributed by atoms with Crippen LogP contribution in [0.25, 0.3) is 0 Å². The molecular formula is C15H14N2O4S. The number of hydrazone groups is 1. The maximum Gasteiger partial charge on any atom is 0.337 e. The Morgan fingerprint density at radius 2 is 1.73 bits per heavy atom. The monoisotopic (exact) mass is 318 g/mol. The van der Waals surface area contributed by atoms with Crippen molar-refractivity contribution in [3.05, 3.63) is 65.7 Å². The number of sulfonamides is 1. The summed E-state index contributed by atoms with van der Waals surface area (Å²) in [4.78, 5) is 13.5. The zero-order valence-electron chi connectivity index (χ0n) is 11.8. The summed E-state index contributed by atoms with van der Waals surface area (Å²) in [5.41, 5.74) is 1.05. The maximum atomic E-state index is 11.9. The van der Waals surface area contributed by atoms with Gasteiger partial charge in [-0.3, -0.25) is 0 Å². The summed E-state index contributed by atoms with van der Waals surface area (Å²) in [6.45, 7) is 0. The number of esters is 1. The molecule has 1 N–H and O–H groups in total. The first-order valence-corrected chi connectivity index (χ1v) is 7.79. The Hall–Kier alpha value is -2.67. The highest BCUT2D eigenvalue weighted by molar-refractivity contribution is 7.89. The molecule has 0 heterocycles. The number of nitrogens with one attached hydrogen (secondary N) is 1. The van der Waals surface area contributed by atoms with Crippen molar-refractivity contribution >= 4 is 22.2 Å². The van der Waals surface area contributed by atoms with E-state index in [2.05, 4.69) is 14.7 Å². The van der Waals surface area contributed by atoms with Crippen LogP contribution in [-0.4, -0.2) is 27.7 Å². The van der Waals surface area contributed by atoms with E-state index in [4.69, 9.17) is 0 Å². The van der Waals surface area contributed by atoms with E-state index in [1.807, 2.05) is 0 Å². The lowest BCUT2D eigenvalue weighted by molar-refractivity contribution is 0.0600. The van der Waals surface area contributed by atoms with Gasteiger partial charge in [0.15, 0.2) is 0 Å². The van der Waals surface area contributed by atoms with Crippen molar-refractivity contribution in [3.8, 4) is 0 Å². The normalized spacial score (nSPS) is 11.3. The van der Waals surface area contributed by atoms with Crippen LogP contribution in [0.15, 0.2) is 64.6 Å². The van der Waals surface area contributed by atoms with Gasteiger partial charge < -0.3 is 4.74 Å². The summed E-state index contributed by atoms with van der Waals surface area (Å²) in [6, 6.07) is 14.3. The first-order valence-electron chi connectivity index (χ1n) is 6.31. The van der Waals surface area contributed by atoms with Crippen molar-refractivity contribution in [2.45, 2.75) is 4.90 Å². The van der Waals surface area contributed by atoms with Crippen LogP contribution in [-0.2, 0) is 14.8 Å². The predicted octanol–water partition coefficient (Wildman–Crippen LogP) is 1.79. The Bertz CT molecular complexity index is 769. The Kier molecular flexibility index (Phi) is 4.90. The summed E-state index contributed by atoms with van der Waals surface area (Å²) in [7, 11) is -2.38. The minimum absolute atomic E-state index is 0.133. The highest BCUT2D eigenvalue weighted by Crippen LogP contribution is 2.07. The molecule has 2 aromatic rings. The number of nitrogens with zero attached hydrogens (tertiary/aromatic N) is 1. The van der Waals surface area contributed by atoms with Gasteiger partial charge in [-0.15, -0.1) is 0 Å². The molecule has 0 unspecified atom stereocenters. The molecule has 22 heavy (non-hydrogen) atoms. The van der Waals surface area contributed by atoms with E-state index in [0.717, 1.165) is 0 Å². The highest BCUT2D eigenvalue weighted by atomic mass is 32.2. The number of benzene rings is 2. The average molecular weight is 318 g/mol. The van der Waals surface area contributed by atoms with Gasteiger partial charge in [0.05, 0.1) is 23.8 Å². The summed E-state index contributed by atoms with van der Waals surface area (Å²) in [6.07, 6.45) is 1.35. The Balaban J connectivity index is 2.05. The molecule has 0 aliphatic rings. The van der Waals surface area contributed by atoms with E-state index in [0.29, 0.717) is 11.1 Å². The van der Waals surface area contributed by atoms with Gasteiger partial charge in [0.25, 0.3) is 10.0 Å². The van der Waals surface area contributed by atoms with Crippen LogP contribution in [0.4, 0.5) is 0 Å². The lowest BCUT2D eigenvalue weighted by atomic mass is 10.1. The minimum Gasteiger partial charge on any atom is -0.465 e. The van der Waals surface area contributed by atoms with E-state index in [9.17, 15) is 13.2 Å². The van der Waals surface area contributed by atoms with Gasteiger partial charge in [0.1, 0.15) is 0 Å². The van der Waals surface area contributed by atoms with Crippen molar-refractivity contribution in [2.75, 3.05) is 7.11 Å². The molecule has 0 fully saturated rings. The third kappa shape index (κ3) is 3.92. The van der Waals surface area contributed by atoms with Crippen molar-refractivity contribution in [1.29, 1.82) is 0 Å². The number of ether oxygens (including phenoxy) is 1. The minimum atomic E-state index is -3.68. The van der Waals surface area contributed by atoms with E-state index in [1.165, 1.54) is 25.5 Å². The molecule has 6 nitrogen and oxygen atoms in total. The summed E-state index contributed by atoms with van der Waals surface area (Å²) < 4.78 is 28.4. The molecule has 0 radical (unpaired) electrons. The predicted molar refractivity (Wildman–Crippen MR) is 82.1 cm³/mol. The number of carbonyl (C=O) groups is 1. The van der Waals surface area contributed by atoms with Crippen LogP contribution in [0.2, 0.25) is 0 Å². The van der Waals surface area contributed by atoms with Gasteiger partial charge in [-0.1, -0.05) is 30.3 Å². The number of methoxy groups -OCH3 is 1. The SMILES string of the molecule is COC(=O)c1ccc(/C=N\NS(=O)(=O)c2ccccc2)cc1. The molecule has 7 heteroatoms. The lowest BCUT2D eigenvalue weighted by Gasteiger charge is -2.02. The molecular weight excluding hydrogens is 304 g/mol. The largest absolute Gasteiger partial charge is 0.465 e. The third-order valence-corrected chi connectivity index (χ3v) is 4.01. The van der Waals surface area contributed by atoms with Crippen LogP contribution < -0.4 is 4.83 Å². The standard InChI is InChI=1S/C15H14N2O4S/c1-21-15(18)13-9-7-12(8-10-13)11-16-17-22(19,20)14-5-3-2-4-6-14/h2-11,17H,1H3/b16-11-. The van der Waals surface area contributed by atoms with Gasteiger partial charge in [-0.25, -0.2) is 9.63 Å². The Morgan fingerprint density at radius 1 is 1.09 bits per heavy atom. The molecule has 114 valence electrons. The molecule has 0 atom stereocenters. The summed E-state index contributed by atoms with van der Waals surface area (Å²) in [5.74, 6) is -0.437. The first-order chi connectivity index (χ1) is 10.5. The Morgan fingerprint density at radius 3 is 2.32 bits per heavy atom. The van der Waals surface area contributed by atoms with Gasteiger partial charge in [-0.05, 0) is 29.8 Å². The molecule has 2 rings (SSSR count). The number of hydrogen-bond donors (Lipinski definition) is 1. The molecule has 0 bridgehead atoms. The summed E-state index contributed by atoms with van der Waals surface area (Å²) in [5, 5.41) is 3.71. The average Bonchev–Trinajstić information content (AvgIpc) is 2.55.